The molecule has 1 aromatic heterocycles. The van der Waals surface area contributed by atoms with Gasteiger partial charge in [0.2, 0.25) is 0 Å². The molecule has 0 aliphatic rings. The lowest BCUT2D eigenvalue weighted by Crippen LogP contribution is -2.09. The van der Waals surface area contributed by atoms with E-state index in [2.05, 4.69) is 10.3 Å². The fraction of sp³-hybridized carbons (Fsp3) is 0.200. The number of ether oxygens (including phenoxy) is 1. The number of nitrogens with zero attached hydrogens (tertiary/aromatic N) is 2. The predicted molar refractivity (Wildman–Crippen MR) is 73.9 cm³/mol. The van der Waals surface area contributed by atoms with Crippen LogP contribution in [0.15, 0.2) is 36.5 Å². The number of nitriles is 1. The number of pyridine rings is 1. The SMILES string of the molecule is COc1ccc(F)cc1[C@@H](C)Nc1cc(C#N)ccn1. The molecule has 0 saturated heterocycles. The van der Waals surface area contributed by atoms with Crippen molar-refractivity contribution in [1.82, 2.24) is 4.98 Å². The zero-order valence-electron chi connectivity index (χ0n) is 11.2. The number of hydrogen-bond acceptors (Lipinski definition) is 4. The molecule has 102 valence electrons. The van der Waals surface area contributed by atoms with Crippen LogP contribution < -0.4 is 10.1 Å². The molecule has 0 spiro atoms. The first kappa shape index (κ1) is 13.8. The van der Waals surface area contributed by atoms with Gasteiger partial charge in [-0.15, -0.1) is 0 Å². The Hall–Kier alpha value is -2.61. The van der Waals surface area contributed by atoms with Crippen LogP contribution in [0, 0.1) is 17.1 Å². The van der Waals surface area contributed by atoms with Gasteiger partial charge in [0.05, 0.1) is 24.8 Å². The number of anilines is 1. The topological polar surface area (TPSA) is 57.9 Å². The number of hydrogen-bond donors (Lipinski definition) is 1. The summed E-state index contributed by atoms with van der Waals surface area (Å²) < 4.78 is 18.6. The molecule has 1 heterocycles. The maximum atomic E-state index is 13.4. The third-order valence-electron chi connectivity index (χ3n) is 2.91. The summed E-state index contributed by atoms with van der Waals surface area (Å²) >= 11 is 0. The Labute approximate surface area is 116 Å². The highest BCUT2D eigenvalue weighted by molar-refractivity contribution is 5.46. The molecule has 0 radical (unpaired) electrons. The van der Waals surface area contributed by atoms with Crippen molar-refractivity contribution in [2.24, 2.45) is 0 Å². The van der Waals surface area contributed by atoms with Crippen molar-refractivity contribution in [2.45, 2.75) is 13.0 Å². The van der Waals surface area contributed by atoms with Crippen LogP contribution in [-0.2, 0) is 0 Å². The molecule has 2 rings (SSSR count). The zero-order valence-corrected chi connectivity index (χ0v) is 11.2. The number of benzene rings is 1. The van der Waals surface area contributed by atoms with E-state index in [0.717, 1.165) is 0 Å². The van der Waals surface area contributed by atoms with Crippen molar-refractivity contribution in [3.8, 4) is 11.8 Å². The molecule has 0 fully saturated rings. The maximum Gasteiger partial charge on any atom is 0.127 e. The summed E-state index contributed by atoms with van der Waals surface area (Å²) in [4.78, 5) is 4.13. The van der Waals surface area contributed by atoms with E-state index in [4.69, 9.17) is 10.00 Å². The summed E-state index contributed by atoms with van der Waals surface area (Å²) in [5, 5.41) is 12.0. The van der Waals surface area contributed by atoms with E-state index in [1.165, 1.54) is 19.2 Å². The fourth-order valence-corrected chi connectivity index (χ4v) is 1.92. The van der Waals surface area contributed by atoms with Gasteiger partial charge >= 0.3 is 0 Å². The lowest BCUT2D eigenvalue weighted by Gasteiger charge is -2.18. The van der Waals surface area contributed by atoms with Crippen molar-refractivity contribution in [3.63, 3.8) is 0 Å². The van der Waals surface area contributed by atoms with Crippen molar-refractivity contribution < 1.29 is 9.13 Å². The first-order valence-corrected chi connectivity index (χ1v) is 6.10. The Balaban J connectivity index is 2.25. The normalized spacial score (nSPS) is 11.5. The van der Waals surface area contributed by atoms with Gasteiger partial charge in [0, 0.05) is 11.8 Å². The average molecular weight is 271 g/mol. The van der Waals surface area contributed by atoms with Crippen LogP contribution >= 0.6 is 0 Å². The zero-order chi connectivity index (χ0) is 14.5. The summed E-state index contributed by atoms with van der Waals surface area (Å²) in [6.07, 6.45) is 1.55. The lowest BCUT2D eigenvalue weighted by atomic mass is 10.1. The predicted octanol–water partition coefficient (Wildman–Crippen LogP) is 3.27. The quantitative estimate of drug-likeness (QED) is 0.927. The molecular weight excluding hydrogens is 257 g/mol. The molecule has 0 aliphatic heterocycles. The van der Waals surface area contributed by atoms with Gasteiger partial charge in [0.1, 0.15) is 17.4 Å². The smallest absolute Gasteiger partial charge is 0.127 e. The van der Waals surface area contributed by atoms with Gasteiger partial charge in [-0.25, -0.2) is 9.37 Å². The van der Waals surface area contributed by atoms with Crippen LogP contribution in [0.4, 0.5) is 10.2 Å². The molecule has 0 saturated carbocycles. The van der Waals surface area contributed by atoms with E-state index in [1.807, 2.05) is 13.0 Å². The van der Waals surface area contributed by atoms with Gasteiger partial charge in [0.15, 0.2) is 0 Å². The third kappa shape index (κ3) is 3.04. The molecule has 1 aromatic carbocycles. The highest BCUT2D eigenvalue weighted by atomic mass is 19.1. The maximum absolute atomic E-state index is 13.4. The minimum absolute atomic E-state index is 0.206. The standard InChI is InChI=1S/C15H14FN3O/c1-10(13-8-12(16)3-4-14(13)20-2)19-15-7-11(9-17)5-6-18-15/h3-8,10H,1-2H3,(H,18,19)/t10-/m1/s1. The van der Waals surface area contributed by atoms with Crippen molar-refractivity contribution in [1.29, 1.82) is 5.26 Å². The van der Waals surface area contributed by atoms with Gasteiger partial charge in [-0.3, -0.25) is 0 Å². The molecular formula is C15H14FN3O. The summed E-state index contributed by atoms with van der Waals surface area (Å²) in [6, 6.07) is 9.46. The first-order chi connectivity index (χ1) is 9.63. The van der Waals surface area contributed by atoms with Crippen LogP contribution in [-0.4, -0.2) is 12.1 Å². The number of methoxy groups -OCH3 is 1. The Morgan fingerprint density at radius 1 is 1.35 bits per heavy atom. The lowest BCUT2D eigenvalue weighted by molar-refractivity contribution is 0.406. The molecule has 0 amide bonds. The second-order valence-corrected chi connectivity index (χ2v) is 4.29. The second kappa shape index (κ2) is 6.02. The Kier molecular flexibility index (Phi) is 4.16. The first-order valence-electron chi connectivity index (χ1n) is 6.10. The number of rotatable bonds is 4. The Morgan fingerprint density at radius 3 is 2.85 bits per heavy atom. The number of nitrogens with one attached hydrogen (secondary N) is 1. The van der Waals surface area contributed by atoms with E-state index in [-0.39, 0.29) is 11.9 Å². The summed E-state index contributed by atoms with van der Waals surface area (Å²) in [6.45, 7) is 1.87. The molecule has 1 N–H and O–H groups in total. The Bertz CT molecular complexity index is 652. The van der Waals surface area contributed by atoms with Crippen molar-refractivity contribution in [3.05, 3.63) is 53.5 Å². The minimum atomic E-state index is -0.326. The minimum Gasteiger partial charge on any atom is -0.496 e. The number of aromatic nitrogens is 1. The molecule has 0 aliphatic carbocycles. The van der Waals surface area contributed by atoms with Gasteiger partial charge in [-0.05, 0) is 37.3 Å². The molecule has 2 aromatic rings. The van der Waals surface area contributed by atoms with Crippen molar-refractivity contribution >= 4 is 5.82 Å². The summed E-state index contributed by atoms with van der Waals surface area (Å²) in [5.74, 6) is 0.832. The van der Waals surface area contributed by atoms with E-state index >= 15 is 0 Å². The largest absolute Gasteiger partial charge is 0.496 e. The summed E-state index contributed by atoms with van der Waals surface area (Å²) in [7, 11) is 1.54. The van der Waals surface area contributed by atoms with Crippen LogP contribution in [0.2, 0.25) is 0 Å². The Morgan fingerprint density at radius 2 is 2.15 bits per heavy atom. The average Bonchev–Trinajstić information content (AvgIpc) is 2.47. The van der Waals surface area contributed by atoms with Gasteiger partial charge in [-0.1, -0.05) is 0 Å². The second-order valence-electron chi connectivity index (χ2n) is 4.29. The highest BCUT2D eigenvalue weighted by Gasteiger charge is 2.13. The number of halogens is 1. The van der Waals surface area contributed by atoms with E-state index < -0.39 is 0 Å². The molecule has 0 unspecified atom stereocenters. The molecule has 20 heavy (non-hydrogen) atoms. The fourth-order valence-electron chi connectivity index (χ4n) is 1.92. The molecule has 1 atom stereocenters. The molecule has 0 bridgehead atoms. The summed E-state index contributed by atoms with van der Waals surface area (Å²) in [5.41, 5.74) is 1.21. The van der Waals surface area contributed by atoms with Crippen LogP contribution in [0.1, 0.15) is 24.1 Å². The van der Waals surface area contributed by atoms with Crippen LogP contribution in [0.25, 0.3) is 0 Å². The third-order valence-corrected chi connectivity index (χ3v) is 2.91. The van der Waals surface area contributed by atoms with Gasteiger partial charge < -0.3 is 10.1 Å². The van der Waals surface area contributed by atoms with Crippen LogP contribution in [0.3, 0.4) is 0 Å². The van der Waals surface area contributed by atoms with E-state index in [0.29, 0.717) is 22.7 Å². The van der Waals surface area contributed by atoms with Crippen LogP contribution in [0.5, 0.6) is 5.75 Å². The highest BCUT2D eigenvalue weighted by Crippen LogP contribution is 2.28. The molecule has 4 nitrogen and oxygen atoms in total. The van der Waals surface area contributed by atoms with Gasteiger partial charge in [0.25, 0.3) is 0 Å². The molecule has 5 heteroatoms. The van der Waals surface area contributed by atoms with Crippen molar-refractivity contribution in [2.75, 3.05) is 12.4 Å². The van der Waals surface area contributed by atoms with E-state index in [9.17, 15) is 4.39 Å². The monoisotopic (exact) mass is 271 g/mol. The van der Waals surface area contributed by atoms with E-state index in [1.54, 1.807) is 24.4 Å². The van der Waals surface area contributed by atoms with Gasteiger partial charge in [-0.2, -0.15) is 5.26 Å².